The highest BCUT2D eigenvalue weighted by Gasteiger charge is 2.40. The van der Waals surface area contributed by atoms with Gasteiger partial charge in [-0.25, -0.2) is 13.1 Å². The van der Waals surface area contributed by atoms with E-state index in [-0.39, 0.29) is 11.6 Å². The highest BCUT2D eigenvalue weighted by atomic mass is 32.2. The van der Waals surface area contributed by atoms with Crippen molar-refractivity contribution in [1.82, 2.24) is 9.62 Å². The molecule has 124 valence electrons. The number of likely N-dealkylation sites (tertiary alicyclic amines) is 1. The SMILES string of the molecule is CS(=O)(=O)NC1CCOC2(CCN(Cc3cccs3)CC2)C1. The Balaban J connectivity index is 1.54. The smallest absolute Gasteiger partial charge is 0.208 e. The van der Waals surface area contributed by atoms with Crippen molar-refractivity contribution in [1.29, 1.82) is 0 Å². The molecule has 0 amide bonds. The fourth-order valence-electron chi connectivity index (χ4n) is 3.52. The van der Waals surface area contributed by atoms with Crippen LogP contribution in [0.2, 0.25) is 0 Å². The van der Waals surface area contributed by atoms with Crippen molar-refractivity contribution in [3.8, 4) is 0 Å². The molecule has 2 saturated heterocycles. The summed E-state index contributed by atoms with van der Waals surface area (Å²) in [5.41, 5.74) is -0.132. The van der Waals surface area contributed by atoms with Crippen molar-refractivity contribution in [3.05, 3.63) is 22.4 Å². The van der Waals surface area contributed by atoms with Crippen LogP contribution in [0.4, 0.5) is 0 Å². The number of hydrogen-bond donors (Lipinski definition) is 1. The lowest BCUT2D eigenvalue weighted by molar-refractivity contribution is -0.118. The fourth-order valence-corrected chi connectivity index (χ4v) is 5.07. The van der Waals surface area contributed by atoms with Gasteiger partial charge in [-0.15, -0.1) is 11.3 Å². The third kappa shape index (κ3) is 4.29. The van der Waals surface area contributed by atoms with E-state index in [0.717, 1.165) is 45.3 Å². The van der Waals surface area contributed by atoms with Crippen LogP contribution in [0.15, 0.2) is 17.5 Å². The molecule has 1 N–H and O–H groups in total. The van der Waals surface area contributed by atoms with E-state index in [1.54, 1.807) is 11.3 Å². The average Bonchev–Trinajstić information content (AvgIpc) is 2.93. The van der Waals surface area contributed by atoms with Crippen LogP contribution in [-0.4, -0.2) is 50.9 Å². The van der Waals surface area contributed by atoms with Crippen LogP contribution in [-0.2, 0) is 21.3 Å². The monoisotopic (exact) mass is 344 g/mol. The van der Waals surface area contributed by atoms with E-state index in [0.29, 0.717) is 6.61 Å². The molecule has 1 atom stereocenters. The Morgan fingerprint density at radius 2 is 2.23 bits per heavy atom. The first-order valence-corrected chi connectivity index (χ1v) is 10.6. The second kappa shape index (κ2) is 6.57. The molecule has 0 aliphatic carbocycles. The molecule has 0 saturated carbocycles. The number of rotatable bonds is 4. The number of nitrogens with zero attached hydrogens (tertiary/aromatic N) is 1. The molecule has 0 bridgehead atoms. The molecule has 2 aliphatic rings. The van der Waals surface area contributed by atoms with E-state index in [2.05, 4.69) is 27.1 Å². The lowest BCUT2D eigenvalue weighted by Gasteiger charge is -2.46. The Kier molecular flexibility index (Phi) is 4.89. The zero-order chi connectivity index (χ0) is 15.6. The number of piperidine rings is 1. The maximum atomic E-state index is 11.4. The van der Waals surface area contributed by atoms with E-state index in [4.69, 9.17) is 4.74 Å². The van der Waals surface area contributed by atoms with Crippen LogP contribution in [0.25, 0.3) is 0 Å². The van der Waals surface area contributed by atoms with Crippen LogP contribution >= 0.6 is 11.3 Å². The van der Waals surface area contributed by atoms with Crippen LogP contribution in [0.3, 0.4) is 0 Å². The topological polar surface area (TPSA) is 58.6 Å². The first kappa shape index (κ1) is 16.4. The summed E-state index contributed by atoms with van der Waals surface area (Å²) in [4.78, 5) is 3.87. The molecule has 1 spiro atoms. The Labute approximate surface area is 136 Å². The van der Waals surface area contributed by atoms with Crippen molar-refractivity contribution in [2.45, 2.75) is 43.9 Å². The predicted molar refractivity (Wildman–Crippen MR) is 88.5 cm³/mol. The number of nitrogens with one attached hydrogen (secondary N) is 1. The molecule has 22 heavy (non-hydrogen) atoms. The van der Waals surface area contributed by atoms with Crippen molar-refractivity contribution >= 4 is 21.4 Å². The normalized spacial score (nSPS) is 26.3. The van der Waals surface area contributed by atoms with Gasteiger partial charge in [-0.1, -0.05) is 6.07 Å². The molecule has 2 aliphatic heterocycles. The van der Waals surface area contributed by atoms with Gasteiger partial charge in [0.05, 0.1) is 11.9 Å². The zero-order valence-corrected chi connectivity index (χ0v) is 14.6. The minimum atomic E-state index is -3.14. The van der Waals surface area contributed by atoms with Crippen molar-refractivity contribution < 1.29 is 13.2 Å². The van der Waals surface area contributed by atoms with E-state index < -0.39 is 10.0 Å². The lowest BCUT2D eigenvalue weighted by Crippen LogP contribution is -2.53. The minimum Gasteiger partial charge on any atom is -0.375 e. The van der Waals surface area contributed by atoms with Gasteiger partial charge in [-0.05, 0) is 37.1 Å². The van der Waals surface area contributed by atoms with Gasteiger partial charge in [0.15, 0.2) is 0 Å². The van der Waals surface area contributed by atoms with Gasteiger partial charge >= 0.3 is 0 Å². The highest BCUT2D eigenvalue weighted by Crippen LogP contribution is 2.35. The van der Waals surface area contributed by atoms with Crippen LogP contribution < -0.4 is 4.72 Å². The van der Waals surface area contributed by atoms with E-state index >= 15 is 0 Å². The summed E-state index contributed by atoms with van der Waals surface area (Å²) < 4.78 is 31.7. The highest BCUT2D eigenvalue weighted by molar-refractivity contribution is 7.88. The van der Waals surface area contributed by atoms with Crippen LogP contribution in [0.1, 0.15) is 30.6 Å². The standard InChI is InChI=1S/C15H24N2O3S2/c1-22(18,19)16-13-4-9-20-15(11-13)5-7-17(8-6-15)12-14-3-2-10-21-14/h2-3,10,13,16H,4-9,11-12H2,1H3. The van der Waals surface area contributed by atoms with E-state index in [1.807, 2.05) is 0 Å². The summed E-state index contributed by atoms with van der Waals surface area (Å²) in [5.74, 6) is 0. The van der Waals surface area contributed by atoms with E-state index in [9.17, 15) is 8.42 Å². The molecule has 3 heterocycles. The average molecular weight is 345 g/mol. The van der Waals surface area contributed by atoms with Gasteiger partial charge < -0.3 is 4.74 Å². The second-order valence-electron chi connectivity index (χ2n) is 6.47. The largest absolute Gasteiger partial charge is 0.375 e. The minimum absolute atomic E-state index is 0.0209. The fraction of sp³-hybridized carbons (Fsp3) is 0.733. The van der Waals surface area contributed by atoms with Crippen LogP contribution in [0.5, 0.6) is 0 Å². The molecule has 1 aromatic rings. The summed E-state index contributed by atoms with van der Waals surface area (Å²) in [7, 11) is -3.14. The molecular weight excluding hydrogens is 320 g/mol. The summed E-state index contributed by atoms with van der Waals surface area (Å²) in [6.07, 6.45) is 4.78. The van der Waals surface area contributed by atoms with E-state index in [1.165, 1.54) is 11.1 Å². The van der Waals surface area contributed by atoms with Gasteiger partial charge in [0.1, 0.15) is 0 Å². The quantitative estimate of drug-likeness (QED) is 0.905. The summed E-state index contributed by atoms with van der Waals surface area (Å²) in [6.45, 7) is 3.70. The lowest BCUT2D eigenvalue weighted by atomic mass is 9.82. The van der Waals surface area contributed by atoms with Gasteiger partial charge in [-0.3, -0.25) is 4.90 Å². The molecule has 1 unspecified atom stereocenters. The van der Waals surface area contributed by atoms with Gasteiger partial charge in [0.25, 0.3) is 0 Å². The number of ether oxygens (including phenoxy) is 1. The van der Waals surface area contributed by atoms with Crippen molar-refractivity contribution in [2.24, 2.45) is 0 Å². The third-order valence-electron chi connectivity index (χ3n) is 4.60. The summed E-state index contributed by atoms with van der Waals surface area (Å²) >= 11 is 1.80. The molecule has 2 fully saturated rings. The van der Waals surface area contributed by atoms with Crippen molar-refractivity contribution in [3.63, 3.8) is 0 Å². The molecule has 0 radical (unpaired) electrons. The third-order valence-corrected chi connectivity index (χ3v) is 6.22. The van der Waals surface area contributed by atoms with Gasteiger partial charge in [0.2, 0.25) is 10.0 Å². The first-order valence-electron chi connectivity index (χ1n) is 7.80. The van der Waals surface area contributed by atoms with Crippen LogP contribution in [0, 0.1) is 0 Å². The molecule has 1 aromatic heterocycles. The number of hydrogen-bond acceptors (Lipinski definition) is 5. The van der Waals surface area contributed by atoms with Gasteiger partial charge in [-0.2, -0.15) is 0 Å². The molecule has 7 heteroatoms. The number of thiophene rings is 1. The first-order chi connectivity index (χ1) is 10.4. The Bertz CT molecular complexity index is 578. The summed E-state index contributed by atoms with van der Waals surface area (Å²) in [5, 5.41) is 2.12. The molecule has 5 nitrogen and oxygen atoms in total. The molecular formula is C15H24N2O3S2. The Hall–Kier alpha value is -0.470. The number of sulfonamides is 1. The Morgan fingerprint density at radius 1 is 1.45 bits per heavy atom. The van der Waals surface area contributed by atoms with Gasteiger partial charge in [0, 0.05) is 37.2 Å². The summed E-state index contributed by atoms with van der Waals surface area (Å²) in [6, 6.07) is 4.29. The Morgan fingerprint density at radius 3 is 2.86 bits per heavy atom. The maximum absolute atomic E-state index is 11.4. The predicted octanol–water partition coefficient (Wildman–Crippen LogP) is 1.81. The molecule has 3 rings (SSSR count). The zero-order valence-electron chi connectivity index (χ0n) is 13.0. The van der Waals surface area contributed by atoms with Crippen molar-refractivity contribution in [2.75, 3.05) is 26.0 Å². The molecule has 0 aromatic carbocycles. The maximum Gasteiger partial charge on any atom is 0.208 e. The second-order valence-corrected chi connectivity index (χ2v) is 9.28.